The molecule has 0 amide bonds. The van der Waals surface area contributed by atoms with Gasteiger partial charge >= 0.3 is 5.97 Å². The maximum atomic E-state index is 10.6. The van der Waals surface area contributed by atoms with Gasteiger partial charge in [0, 0.05) is 18.8 Å². The SMILES string of the molecule is CN(CCc1ccc2c(c1)CCCN2)CC(=O)O. The highest BCUT2D eigenvalue weighted by Gasteiger charge is 2.09. The zero-order chi connectivity index (χ0) is 13.0. The molecule has 0 saturated heterocycles. The van der Waals surface area contributed by atoms with Crippen molar-refractivity contribution in [3.63, 3.8) is 0 Å². The number of carbonyl (C=O) groups is 1. The Bertz CT molecular complexity index is 432. The van der Waals surface area contributed by atoms with E-state index in [0.29, 0.717) is 0 Å². The van der Waals surface area contributed by atoms with Crippen LogP contribution in [0.25, 0.3) is 0 Å². The average Bonchev–Trinajstić information content (AvgIpc) is 2.35. The lowest BCUT2D eigenvalue weighted by Crippen LogP contribution is -2.27. The third-order valence-electron chi connectivity index (χ3n) is 3.30. The predicted octanol–water partition coefficient (Wildman–Crippen LogP) is 1.60. The van der Waals surface area contributed by atoms with Crippen LogP contribution < -0.4 is 5.32 Å². The van der Waals surface area contributed by atoms with Gasteiger partial charge in [-0.1, -0.05) is 12.1 Å². The lowest BCUT2D eigenvalue weighted by atomic mass is 9.99. The van der Waals surface area contributed by atoms with Crippen molar-refractivity contribution in [2.75, 3.05) is 32.0 Å². The zero-order valence-electron chi connectivity index (χ0n) is 10.8. The minimum atomic E-state index is -0.771. The topological polar surface area (TPSA) is 52.6 Å². The van der Waals surface area contributed by atoms with Gasteiger partial charge in [-0.25, -0.2) is 0 Å². The van der Waals surface area contributed by atoms with Crippen LogP contribution in [-0.4, -0.2) is 42.7 Å². The minimum absolute atomic E-state index is 0.104. The Hall–Kier alpha value is -1.55. The van der Waals surface area contributed by atoms with E-state index >= 15 is 0 Å². The fourth-order valence-corrected chi connectivity index (χ4v) is 2.31. The summed E-state index contributed by atoms with van der Waals surface area (Å²) < 4.78 is 0. The Morgan fingerprint density at radius 1 is 1.50 bits per heavy atom. The van der Waals surface area contributed by atoms with Crippen molar-refractivity contribution in [3.8, 4) is 0 Å². The van der Waals surface area contributed by atoms with Gasteiger partial charge in [0.2, 0.25) is 0 Å². The molecule has 1 aliphatic rings. The number of benzene rings is 1. The van der Waals surface area contributed by atoms with E-state index in [4.69, 9.17) is 5.11 Å². The highest BCUT2D eigenvalue weighted by atomic mass is 16.4. The van der Waals surface area contributed by atoms with Crippen LogP contribution in [0.4, 0.5) is 5.69 Å². The maximum absolute atomic E-state index is 10.6. The first-order valence-corrected chi connectivity index (χ1v) is 6.41. The van der Waals surface area contributed by atoms with Crippen molar-refractivity contribution in [2.24, 2.45) is 0 Å². The molecule has 4 heteroatoms. The van der Waals surface area contributed by atoms with Gasteiger partial charge < -0.3 is 10.4 Å². The van der Waals surface area contributed by atoms with E-state index in [0.717, 1.165) is 25.9 Å². The van der Waals surface area contributed by atoms with Gasteiger partial charge in [0.25, 0.3) is 0 Å². The fraction of sp³-hybridized carbons (Fsp3) is 0.500. The molecule has 1 aromatic rings. The molecule has 0 saturated carbocycles. The van der Waals surface area contributed by atoms with Gasteiger partial charge in [-0.2, -0.15) is 0 Å². The van der Waals surface area contributed by atoms with Crippen LogP contribution in [0.15, 0.2) is 18.2 Å². The molecular formula is C14H20N2O2. The molecule has 1 heterocycles. The second-order valence-electron chi connectivity index (χ2n) is 4.90. The largest absolute Gasteiger partial charge is 0.480 e. The number of aliphatic carboxylic acids is 1. The number of likely N-dealkylation sites (N-methyl/N-ethyl adjacent to an activating group) is 1. The second-order valence-corrected chi connectivity index (χ2v) is 4.90. The molecule has 0 fully saturated rings. The summed E-state index contributed by atoms with van der Waals surface area (Å²) in [6.45, 7) is 1.94. The number of rotatable bonds is 5. The lowest BCUT2D eigenvalue weighted by Gasteiger charge is -2.19. The quantitative estimate of drug-likeness (QED) is 0.831. The van der Waals surface area contributed by atoms with E-state index in [9.17, 15) is 4.79 Å². The molecule has 2 N–H and O–H groups in total. The van der Waals surface area contributed by atoms with Crippen LogP contribution in [0.2, 0.25) is 0 Å². The smallest absolute Gasteiger partial charge is 0.317 e. The van der Waals surface area contributed by atoms with Crippen LogP contribution >= 0.6 is 0 Å². The Labute approximate surface area is 108 Å². The van der Waals surface area contributed by atoms with E-state index in [1.54, 1.807) is 0 Å². The zero-order valence-corrected chi connectivity index (χ0v) is 10.8. The number of nitrogens with zero attached hydrogens (tertiary/aromatic N) is 1. The number of nitrogens with one attached hydrogen (secondary N) is 1. The average molecular weight is 248 g/mol. The Kier molecular flexibility index (Phi) is 4.20. The molecule has 0 radical (unpaired) electrons. The predicted molar refractivity (Wildman–Crippen MR) is 72.1 cm³/mol. The third-order valence-corrected chi connectivity index (χ3v) is 3.30. The van der Waals surface area contributed by atoms with Gasteiger partial charge in [-0.05, 0) is 43.5 Å². The summed E-state index contributed by atoms with van der Waals surface area (Å²) in [6, 6.07) is 6.52. The maximum Gasteiger partial charge on any atom is 0.317 e. The van der Waals surface area contributed by atoms with Gasteiger partial charge in [-0.3, -0.25) is 9.69 Å². The van der Waals surface area contributed by atoms with Crippen LogP contribution in [-0.2, 0) is 17.6 Å². The molecule has 0 aromatic heterocycles. The number of carboxylic acids is 1. The first-order chi connectivity index (χ1) is 8.65. The third kappa shape index (κ3) is 3.47. The van der Waals surface area contributed by atoms with E-state index < -0.39 is 5.97 Å². The number of aryl methyl sites for hydroxylation is 1. The fourth-order valence-electron chi connectivity index (χ4n) is 2.31. The molecule has 0 spiro atoms. The van der Waals surface area contributed by atoms with Gasteiger partial charge in [-0.15, -0.1) is 0 Å². The number of anilines is 1. The summed E-state index contributed by atoms with van der Waals surface area (Å²) >= 11 is 0. The van der Waals surface area contributed by atoms with E-state index in [1.807, 2.05) is 11.9 Å². The first kappa shape index (κ1) is 12.9. The molecule has 1 aromatic carbocycles. The Morgan fingerprint density at radius 2 is 2.33 bits per heavy atom. The summed E-state index contributed by atoms with van der Waals surface area (Å²) in [5, 5.41) is 12.1. The van der Waals surface area contributed by atoms with Crippen molar-refractivity contribution in [2.45, 2.75) is 19.3 Å². The van der Waals surface area contributed by atoms with Crippen molar-refractivity contribution in [1.82, 2.24) is 4.90 Å². The second kappa shape index (κ2) is 5.87. The molecule has 0 bridgehead atoms. The number of fused-ring (bicyclic) bond motifs is 1. The van der Waals surface area contributed by atoms with Crippen LogP contribution in [0, 0.1) is 0 Å². The van der Waals surface area contributed by atoms with Gasteiger partial charge in [0.1, 0.15) is 0 Å². The Morgan fingerprint density at radius 3 is 3.11 bits per heavy atom. The molecule has 0 aliphatic carbocycles. The molecule has 0 atom stereocenters. The normalized spacial score (nSPS) is 14.1. The van der Waals surface area contributed by atoms with E-state index in [1.165, 1.54) is 23.2 Å². The van der Waals surface area contributed by atoms with Crippen molar-refractivity contribution in [3.05, 3.63) is 29.3 Å². The molecule has 1 aliphatic heterocycles. The Balaban J connectivity index is 1.91. The lowest BCUT2D eigenvalue weighted by molar-refractivity contribution is -0.137. The van der Waals surface area contributed by atoms with Crippen LogP contribution in [0.1, 0.15) is 17.5 Å². The number of hydrogen-bond acceptors (Lipinski definition) is 3. The molecule has 98 valence electrons. The molecule has 4 nitrogen and oxygen atoms in total. The van der Waals surface area contributed by atoms with Crippen molar-refractivity contribution in [1.29, 1.82) is 0 Å². The molecule has 18 heavy (non-hydrogen) atoms. The highest BCUT2D eigenvalue weighted by molar-refractivity contribution is 5.69. The molecular weight excluding hydrogens is 228 g/mol. The summed E-state index contributed by atoms with van der Waals surface area (Å²) in [5.41, 5.74) is 3.93. The summed E-state index contributed by atoms with van der Waals surface area (Å²) in [4.78, 5) is 12.4. The summed E-state index contributed by atoms with van der Waals surface area (Å²) in [6.07, 6.45) is 3.23. The van der Waals surface area contributed by atoms with E-state index in [-0.39, 0.29) is 6.54 Å². The van der Waals surface area contributed by atoms with Crippen LogP contribution in [0.3, 0.4) is 0 Å². The monoisotopic (exact) mass is 248 g/mol. The molecule has 0 unspecified atom stereocenters. The van der Waals surface area contributed by atoms with Crippen molar-refractivity contribution >= 4 is 11.7 Å². The molecule has 2 rings (SSSR count). The number of carboxylic acid groups (broad SMARTS) is 1. The highest BCUT2D eigenvalue weighted by Crippen LogP contribution is 2.23. The van der Waals surface area contributed by atoms with Crippen LogP contribution in [0.5, 0.6) is 0 Å². The minimum Gasteiger partial charge on any atom is -0.480 e. The van der Waals surface area contributed by atoms with E-state index in [2.05, 4.69) is 23.5 Å². The first-order valence-electron chi connectivity index (χ1n) is 6.41. The van der Waals surface area contributed by atoms with Crippen molar-refractivity contribution < 1.29 is 9.90 Å². The van der Waals surface area contributed by atoms with Gasteiger partial charge in [0.15, 0.2) is 0 Å². The summed E-state index contributed by atoms with van der Waals surface area (Å²) in [7, 11) is 1.84. The summed E-state index contributed by atoms with van der Waals surface area (Å²) in [5.74, 6) is -0.771. The van der Waals surface area contributed by atoms with Gasteiger partial charge in [0.05, 0.1) is 6.54 Å². The standard InChI is InChI=1S/C14H20N2O2/c1-16(10-14(17)18)8-6-11-4-5-13-12(9-11)3-2-7-15-13/h4-5,9,15H,2-3,6-8,10H2,1H3,(H,17,18). The number of hydrogen-bond donors (Lipinski definition) is 2.